The molecule has 1 aromatic heterocycles. The molecule has 5 heteroatoms. The van der Waals surface area contributed by atoms with Crippen molar-refractivity contribution in [2.24, 2.45) is 0 Å². The highest BCUT2D eigenvalue weighted by atomic mass is 19.4. The molecule has 0 aromatic carbocycles. The van der Waals surface area contributed by atoms with Crippen LogP contribution in [0.4, 0.5) is 13.2 Å². The number of imidazole rings is 1. The summed E-state index contributed by atoms with van der Waals surface area (Å²) in [5.41, 5.74) is 0.641. The van der Waals surface area contributed by atoms with Gasteiger partial charge in [0.15, 0.2) is 0 Å². The van der Waals surface area contributed by atoms with Crippen LogP contribution in [0.5, 0.6) is 0 Å². The molecule has 15 heavy (non-hydrogen) atoms. The molecule has 1 heterocycles. The molecule has 0 amide bonds. The zero-order chi connectivity index (χ0) is 10.9. The van der Waals surface area contributed by atoms with Crippen LogP contribution in [0.3, 0.4) is 0 Å². The van der Waals surface area contributed by atoms with Gasteiger partial charge in [-0.15, -0.1) is 0 Å². The molecule has 0 radical (unpaired) electrons. The minimum Gasteiger partial charge on any atom is -0.338 e. The highest BCUT2D eigenvalue weighted by Crippen LogP contribution is 2.33. The molecular weight excluding hydrogens is 205 g/mol. The van der Waals surface area contributed by atoms with E-state index in [2.05, 4.69) is 9.97 Å². The Balaban J connectivity index is 2.12. The molecule has 0 spiro atoms. The van der Waals surface area contributed by atoms with Crippen LogP contribution in [0.25, 0.3) is 0 Å². The topological polar surface area (TPSA) is 28.7 Å². The first-order valence-electron chi connectivity index (χ1n) is 5.19. The molecule has 1 fully saturated rings. The molecule has 1 aliphatic rings. The molecule has 1 N–H and O–H groups in total. The zero-order valence-corrected chi connectivity index (χ0v) is 8.27. The van der Waals surface area contributed by atoms with Crippen LogP contribution in [0.2, 0.25) is 0 Å². The van der Waals surface area contributed by atoms with Crippen molar-refractivity contribution in [2.45, 2.75) is 44.2 Å². The second-order valence-corrected chi connectivity index (χ2v) is 4.02. The third-order valence-electron chi connectivity index (χ3n) is 2.91. The Hall–Kier alpha value is -1.00. The van der Waals surface area contributed by atoms with E-state index in [1.807, 2.05) is 0 Å². The maximum atomic E-state index is 12.3. The predicted octanol–water partition coefficient (Wildman–Crippen LogP) is 3.48. The van der Waals surface area contributed by atoms with Crippen molar-refractivity contribution in [3.05, 3.63) is 17.7 Å². The minimum atomic E-state index is -4.35. The number of aromatic amines is 1. The second-order valence-electron chi connectivity index (χ2n) is 4.02. The predicted molar refractivity (Wildman–Crippen MR) is 49.4 cm³/mol. The summed E-state index contributed by atoms with van der Waals surface area (Å²) < 4.78 is 36.8. The Morgan fingerprint density at radius 3 is 2.40 bits per heavy atom. The molecule has 0 saturated heterocycles. The molecule has 1 saturated carbocycles. The van der Waals surface area contributed by atoms with Gasteiger partial charge in [0.1, 0.15) is 0 Å². The Bertz CT molecular complexity index is 324. The average molecular weight is 218 g/mol. The maximum absolute atomic E-state index is 12.3. The van der Waals surface area contributed by atoms with Gasteiger partial charge in [-0.05, 0) is 12.8 Å². The average Bonchev–Trinajstić information content (AvgIpc) is 2.67. The molecule has 1 aromatic rings. The van der Waals surface area contributed by atoms with Gasteiger partial charge in [0.2, 0.25) is 5.82 Å². The Morgan fingerprint density at radius 1 is 1.20 bits per heavy atom. The van der Waals surface area contributed by atoms with Crippen molar-refractivity contribution in [3.8, 4) is 0 Å². The molecule has 84 valence electrons. The van der Waals surface area contributed by atoms with E-state index in [1.54, 1.807) is 0 Å². The van der Waals surface area contributed by atoms with Crippen LogP contribution >= 0.6 is 0 Å². The van der Waals surface area contributed by atoms with E-state index in [0.29, 0.717) is 5.69 Å². The molecule has 0 atom stereocenters. The van der Waals surface area contributed by atoms with E-state index < -0.39 is 12.0 Å². The molecule has 0 unspecified atom stereocenters. The lowest BCUT2D eigenvalue weighted by Crippen LogP contribution is -2.09. The van der Waals surface area contributed by atoms with Gasteiger partial charge in [-0.2, -0.15) is 13.2 Å². The molecule has 1 aliphatic carbocycles. The number of hydrogen-bond acceptors (Lipinski definition) is 1. The summed E-state index contributed by atoms with van der Waals surface area (Å²) in [6.07, 6.45) is 2.32. The lowest BCUT2D eigenvalue weighted by molar-refractivity contribution is -0.144. The van der Waals surface area contributed by atoms with Gasteiger partial charge in [-0.1, -0.05) is 19.3 Å². The first kappa shape index (κ1) is 10.5. The number of rotatable bonds is 1. The first-order valence-corrected chi connectivity index (χ1v) is 5.19. The van der Waals surface area contributed by atoms with E-state index in [0.717, 1.165) is 25.7 Å². The highest BCUT2D eigenvalue weighted by molar-refractivity contribution is 5.09. The van der Waals surface area contributed by atoms with Crippen LogP contribution in [0, 0.1) is 0 Å². The summed E-state index contributed by atoms with van der Waals surface area (Å²) in [5, 5.41) is 0. The summed E-state index contributed by atoms with van der Waals surface area (Å²) in [4.78, 5) is 5.77. The number of hydrogen-bond donors (Lipinski definition) is 1. The third-order valence-corrected chi connectivity index (χ3v) is 2.91. The van der Waals surface area contributed by atoms with Gasteiger partial charge in [0, 0.05) is 17.8 Å². The lowest BCUT2D eigenvalue weighted by atomic mass is 9.87. The van der Waals surface area contributed by atoms with Crippen molar-refractivity contribution in [1.29, 1.82) is 0 Å². The van der Waals surface area contributed by atoms with Gasteiger partial charge in [0.05, 0.1) is 0 Å². The summed E-state index contributed by atoms with van der Waals surface area (Å²) in [6, 6.07) is 0. The minimum absolute atomic E-state index is 0.238. The molecule has 2 rings (SSSR count). The van der Waals surface area contributed by atoms with Crippen LogP contribution in [0.15, 0.2) is 6.20 Å². The van der Waals surface area contributed by atoms with Crippen LogP contribution in [0.1, 0.15) is 49.5 Å². The van der Waals surface area contributed by atoms with Crippen LogP contribution in [-0.2, 0) is 6.18 Å². The molecular formula is C10H13F3N2. The Labute approximate surface area is 85.9 Å². The second kappa shape index (κ2) is 3.87. The largest absolute Gasteiger partial charge is 0.449 e. The smallest absolute Gasteiger partial charge is 0.338 e. The SMILES string of the molecule is FC(F)(F)c1ncc(C2CCCCC2)[nH]1. The zero-order valence-electron chi connectivity index (χ0n) is 8.27. The van der Waals surface area contributed by atoms with E-state index in [4.69, 9.17) is 0 Å². The summed E-state index contributed by atoms with van der Waals surface area (Å²) in [7, 11) is 0. The van der Waals surface area contributed by atoms with Crippen molar-refractivity contribution < 1.29 is 13.2 Å². The fourth-order valence-corrected chi connectivity index (χ4v) is 2.10. The Kier molecular flexibility index (Phi) is 2.71. The molecule has 0 aliphatic heterocycles. The summed E-state index contributed by atoms with van der Waals surface area (Å²) in [6.45, 7) is 0. The van der Waals surface area contributed by atoms with Gasteiger partial charge in [-0.3, -0.25) is 0 Å². The molecule has 2 nitrogen and oxygen atoms in total. The van der Waals surface area contributed by atoms with Crippen LogP contribution in [-0.4, -0.2) is 9.97 Å². The number of alkyl halides is 3. The van der Waals surface area contributed by atoms with Crippen molar-refractivity contribution in [2.75, 3.05) is 0 Å². The Morgan fingerprint density at radius 2 is 1.87 bits per heavy atom. The molecule has 0 bridgehead atoms. The quantitative estimate of drug-likeness (QED) is 0.768. The van der Waals surface area contributed by atoms with Gasteiger partial charge < -0.3 is 4.98 Å². The van der Waals surface area contributed by atoms with E-state index >= 15 is 0 Å². The standard InChI is InChI=1S/C10H13F3N2/c11-10(12,13)9-14-6-8(15-9)7-4-2-1-3-5-7/h6-7H,1-5H2,(H,14,15). The maximum Gasteiger partial charge on any atom is 0.449 e. The highest BCUT2D eigenvalue weighted by Gasteiger charge is 2.35. The third kappa shape index (κ3) is 2.33. The van der Waals surface area contributed by atoms with Crippen molar-refractivity contribution >= 4 is 0 Å². The van der Waals surface area contributed by atoms with E-state index in [1.165, 1.54) is 12.6 Å². The van der Waals surface area contributed by atoms with Gasteiger partial charge in [-0.25, -0.2) is 4.98 Å². The van der Waals surface area contributed by atoms with Gasteiger partial charge >= 0.3 is 6.18 Å². The van der Waals surface area contributed by atoms with E-state index in [-0.39, 0.29) is 5.92 Å². The summed E-state index contributed by atoms with van der Waals surface area (Å²) in [5.74, 6) is -0.634. The fourth-order valence-electron chi connectivity index (χ4n) is 2.10. The normalized spacial score (nSPS) is 19.4. The first-order chi connectivity index (χ1) is 7.07. The summed E-state index contributed by atoms with van der Waals surface area (Å²) >= 11 is 0. The van der Waals surface area contributed by atoms with Crippen molar-refractivity contribution in [3.63, 3.8) is 0 Å². The number of nitrogens with zero attached hydrogens (tertiary/aromatic N) is 1. The monoisotopic (exact) mass is 218 g/mol. The lowest BCUT2D eigenvalue weighted by Gasteiger charge is -2.19. The van der Waals surface area contributed by atoms with E-state index in [9.17, 15) is 13.2 Å². The number of H-pyrrole nitrogens is 1. The van der Waals surface area contributed by atoms with Gasteiger partial charge in [0.25, 0.3) is 0 Å². The number of aromatic nitrogens is 2. The van der Waals surface area contributed by atoms with Crippen molar-refractivity contribution in [1.82, 2.24) is 9.97 Å². The number of halogens is 3. The fraction of sp³-hybridized carbons (Fsp3) is 0.700. The number of nitrogens with one attached hydrogen (secondary N) is 1. The van der Waals surface area contributed by atoms with Crippen LogP contribution < -0.4 is 0 Å².